The topological polar surface area (TPSA) is 75.7 Å². The van der Waals surface area contributed by atoms with Gasteiger partial charge in [0.2, 0.25) is 11.8 Å². The summed E-state index contributed by atoms with van der Waals surface area (Å²) in [5, 5.41) is 2.37. The molecular formula is C16H18F2N2O4. The highest BCUT2D eigenvalue weighted by Gasteiger charge is 2.35. The quantitative estimate of drug-likeness (QED) is 0.838. The summed E-state index contributed by atoms with van der Waals surface area (Å²) in [7, 11) is 1.30. The molecule has 0 radical (unpaired) electrons. The number of nitrogens with zero attached hydrogens (tertiary/aromatic N) is 1. The summed E-state index contributed by atoms with van der Waals surface area (Å²) in [5.74, 6) is -3.26. The highest BCUT2D eigenvalue weighted by Crippen LogP contribution is 2.33. The summed E-state index contributed by atoms with van der Waals surface area (Å²) < 4.78 is 33.0. The normalized spacial score (nSPS) is 17.1. The van der Waals surface area contributed by atoms with Crippen LogP contribution in [-0.4, -0.2) is 49.2 Å². The number of amides is 2. The number of benzene rings is 1. The third-order valence-corrected chi connectivity index (χ3v) is 3.78. The third-order valence-electron chi connectivity index (χ3n) is 3.78. The van der Waals surface area contributed by atoms with Crippen molar-refractivity contribution >= 4 is 17.6 Å². The molecule has 1 heterocycles. The molecule has 0 unspecified atom stereocenters. The second-order valence-corrected chi connectivity index (χ2v) is 5.66. The number of likely N-dealkylation sites (tertiary alicyclic amines) is 1. The van der Waals surface area contributed by atoms with Crippen LogP contribution in [0.2, 0.25) is 0 Å². The zero-order chi connectivity index (χ0) is 17.9. The molecule has 6 nitrogen and oxygen atoms in total. The Morgan fingerprint density at radius 2 is 1.96 bits per heavy atom. The molecule has 130 valence electrons. The lowest BCUT2D eigenvalue weighted by atomic mass is 9.97. The van der Waals surface area contributed by atoms with Gasteiger partial charge in [-0.1, -0.05) is 0 Å². The molecule has 0 spiro atoms. The first-order chi connectivity index (χ1) is 11.3. The van der Waals surface area contributed by atoms with Gasteiger partial charge in [0.05, 0.1) is 20.2 Å². The average Bonchev–Trinajstić information content (AvgIpc) is 2.84. The molecule has 1 saturated heterocycles. The number of ether oxygens (including phenoxy) is 1. The Hall–Kier alpha value is -2.51. The maximum Gasteiger partial charge on any atom is 0.239 e. The summed E-state index contributed by atoms with van der Waals surface area (Å²) in [6, 6.07) is 2.12. The predicted molar refractivity (Wildman–Crippen MR) is 80.5 cm³/mol. The SMILES string of the molecule is COc1cc(F)c([C@H]2CC(=O)N(CC(=O)NCC(C)=O)C2)c(F)c1. The van der Waals surface area contributed by atoms with Crippen molar-refractivity contribution in [2.45, 2.75) is 19.3 Å². The highest BCUT2D eigenvalue weighted by molar-refractivity contribution is 5.89. The van der Waals surface area contributed by atoms with Crippen molar-refractivity contribution in [1.29, 1.82) is 0 Å². The van der Waals surface area contributed by atoms with Crippen molar-refractivity contribution in [3.8, 4) is 5.75 Å². The first-order valence-electron chi connectivity index (χ1n) is 7.38. The number of methoxy groups -OCH3 is 1. The predicted octanol–water partition coefficient (Wildman–Crippen LogP) is 0.994. The number of ketones is 1. The fraction of sp³-hybridized carbons (Fsp3) is 0.438. The van der Waals surface area contributed by atoms with Crippen LogP contribution < -0.4 is 10.1 Å². The highest BCUT2D eigenvalue weighted by atomic mass is 19.1. The van der Waals surface area contributed by atoms with Crippen LogP contribution in [0.15, 0.2) is 12.1 Å². The minimum absolute atomic E-state index is 0.0342. The molecule has 1 aliphatic heterocycles. The van der Waals surface area contributed by atoms with Gasteiger partial charge in [-0.2, -0.15) is 0 Å². The van der Waals surface area contributed by atoms with Gasteiger partial charge in [0, 0.05) is 36.6 Å². The summed E-state index contributed by atoms with van der Waals surface area (Å²) in [4.78, 5) is 35.7. The molecule has 2 rings (SSSR count). The van der Waals surface area contributed by atoms with Crippen LogP contribution in [0.1, 0.15) is 24.8 Å². The summed E-state index contributed by atoms with van der Waals surface area (Å²) in [5.41, 5.74) is -0.184. The zero-order valence-corrected chi connectivity index (χ0v) is 13.4. The number of halogens is 2. The molecule has 24 heavy (non-hydrogen) atoms. The van der Waals surface area contributed by atoms with E-state index in [1.54, 1.807) is 0 Å². The Morgan fingerprint density at radius 1 is 1.33 bits per heavy atom. The van der Waals surface area contributed by atoms with Gasteiger partial charge in [0.15, 0.2) is 0 Å². The van der Waals surface area contributed by atoms with Crippen LogP contribution in [0.5, 0.6) is 5.75 Å². The fourth-order valence-corrected chi connectivity index (χ4v) is 2.64. The second kappa shape index (κ2) is 7.37. The standard InChI is InChI=1S/C16H18F2N2O4/c1-9(21)6-19-14(22)8-20-7-10(3-15(20)23)16-12(17)4-11(24-2)5-13(16)18/h4-5,10H,3,6-8H2,1-2H3,(H,19,22)/t10-/m0/s1. The number of nitrogens with one attached hydrogen (secondary N) is 1. The van der Waals surface area contributed by atoms with E-state index in [4.69, 9.17) is 4.74 Å². The Kier molecular flexibility index (Phi) is 5.48. The number of hydrogen-bond donors (Lipinski definition) is 1. The Morgan fingerprint density at radius 3 is 2.50 bits per heavy atom. The second-order valence-electron chi connectivity index (χ2n) is 5.66. The van der Waals surface area contributed by atoms with Crippen LogP contribution in [-0.2, 0) is 14.4 Å². The van der Waals surface area contributed by atoms with Crippen LogP contribution in [0.4, 0.5) is 8.78 Å². The molecule has 2 amide bonds. The molecule has 1 atom stereocenters. The van der Waals surface area contributed by atoms with Crippen molar-refractivity contribution in [2.75, 3.05) is 26.7 Å². The van der Waals surface area contributed by atoms with Gasteiger partial charge in [0.1, 0.15) is 23.2 Å². The van der Waals surface area contributed by atoms with Gasteiger partial charge in [0.25, 0.3) is 0 Å². The number of rotatable bonds is 6. The lowest BCUT2D eigenvalue weighted by Gasteiger charge is -2.17. The smallest absolute Gasteiger partial charge is 0.239 e. The van der Waals surface area contributed by atoms with Crippen molar-refractivity contribution in [2.24, 2.45) is 0 Å². The van der Waals surface area contributed by atoms with Gasteiger partial charge >= 0.3 is 0 Å². The van der Waals surface area contributed by atoms with Gasteiger partial charge in [-0.3, -0.25) is 14.4 Å². The summed E-state index contributed by atoms with van der Waals surface area (Å²) in [6.45, 7) is 0.993. The fourth-order valence-electron chi connectivity index (χ4n) is 2.64. The molecule has 0 saturated carbocycles. The van der Waals surface area contributed by atoms with Crippen LogP contribution >= 0.6 is 0 Å². The van der Waals surface area contributed by atoms with Crippen molar-refractivity contribution in [3.63, 3.8) is 0 Å². The van der Waals surface area contributed by atoms with Crippen LogP contribution in [0, 0.1) is 11.6 Å². The van der Waals surface area contributed by atoms with E-state index in [2.05, 4.69) is 5.32 Å². The van der Waals surface area contributed by atoms with Crippen LogP contribution in [0.25, 0.3) is 0 Å². The van der Waals surface area contributed by atoms with E-state index < -0.39 is 23.5 Å². The van der Waals surface area contributed by atoms with E-state index >= 15 is 0 Å². The third kappa shape index (κ3) is 4.06. The van der Waals surface area contributed by atoms with E-state index in [0.29, 0.717) is 0 Å². The number of Topliss-reactive ketones (excluding diaryl/α,β-unsaturated/α-hetero) is 1. The molecule has 1 aromatic rings. The van der Waals surface area contributed by atoms with Gasteiger partial charge in [-0.05, 0) is 6.92 Å². The van der Waals surface area contributed by atoms with E-state index in [1.165, 1.54) is 18.9 Å². The van der Waals surface area contributed by atoms with Gasteiger partial charge in [-0.15, -0.1) is 0 Å². The first kappa shape index (κ1) is 17.8. The molecule has 1 aliphatic rings. The van der Waals surface area contributed by atoms with Gasteiger partial charge < -0.3 is 15.0 Å². The monoisotopic (exact) mass is 340 g/mol. The molecule has 1 N–H and O–H groups in total. The molecule has 0 aromatic heterocycles. The maximum absolute atomic E-state index is 14.1. The van der Waals surface area contributed by atoms with E-state index in [1.807, 2.05) is 0 Å². The number of carbonyl (C=O) groups is 3. The average molecular weight is 340 g/mol. The first-order valence-corrected chi connectivity index (χ1v) is 7.38. The Bertz CT molecular complexity index is 655. The minimum Gasteiger partial charge on any atom is -0.497 e. The number of carbonyl (C=O) groups excluding carboxylic acids is 3. The van der Waals surface area contributed by atoms with Crippen molar-refractivity contribution < 1.29 is 27.9 Å². The Labute approximate surface area is 137 Å². The molecule has 1 aromatic carbocycles. The maximum atomic E-state index is 14.1. The molecule has 0 bridgehead atoms. The molecular weight excluding hydrogens is 322 g/mol. The summed E-state index contributed by atoms with van der Waals surface area (Å²) >= 11 is 0. The van der Waals surface area contributed by atoms with E-state index in [-0.39, 0.29) is 49.1 Å². The lowest BCUT2D eigenvalue weighted by molar-refractivity contribution is -0.133. The van der Waals surface area contributed by atoms with Crippen molar-refractivity contribution in [1.82, 2.24) is 10.2 Å². The zero-order valence-electron chi connectivity index (χ0n) is 13.4. The van der Waals surface area contributed by atoms with E-state index in [9.17, 15) is 23.2 Å². The molecule has 1 fully saturated rings. The Balaban J connectivity index is 2.07. The minimum atomic E-state index is -0.785. The number of hydrogen-bond acceptors (Lipinski definition) is 4. The van der Waals surface area contributed by atoms with E-state index in [0.717, 1.165) is 12.1 Å². The molecule has 8 heteroatoms. The summed E-state index contributed by atoms with van der Waals surface area (Å²) in [6.07, 6.45) is -0.0832. The van der Waals surface area contributed by atoms with Crippen LogP contribution in [0.3, 0.4) is 0 Å². The van der Waals surface area contributed by atoms with Crippen molar-refractivity contribution in [3.05, 3.63) is 29.3 Å². The molecule has 0 aliphatic carbocycles. The lowest BCUT2D eigenvalue weighted by Crippen LogP contribution is -2.39. The van der Waals surface area contributed by atoms with Gasteiger partial charge in [-0.25, -0.2) is 8.78 Å². The largest absolute Gasteiger partial charge is 0.497 e.